The van der Waals surface area contributed by atoms with Gasteiger partial charge in [0.2, 0.25) is 10.0 Å². The molecule has 1 saturated heterocycles. The van der Waals surface area contributed by atoms with Gasteiger partial charge in [-0.25, -0.2) is 12.8 Å². The van der Waals surface area contributed by atoms with Crippen molar-refractivity contribution in [1.82, 2.24) is 4.31 Å². The van der Waals surface area contributed by atoms with Gasteiger partial charge in [-0.1, -0.05) is 18.2 Å². The molecule has 0 N–H and O–H groups in total. The first-order valence-electron chi connectivity index (χ1n) is 7.83. The summed E-state index contributed by atoms with van der Waals surface area (Å²) in [5.74, 6) is -0.936. The molecule has 2 aromatic rings. The lowest BCUT2D eigenvalue weighted by molar-refractivity contribution is 0.0872. The molecule has 1 heterocycles. The molecular formula is C18H18FNO3S. The van der Waals surface area contributed by atoms with Crippen LogP contribution in [0.1, 0.15) is 23.2 Å². The number of hydrogen-bond donors (Lipinski definition) is 0. The van der Waals surface area contributed by atoms with E-state index in [9.17, 15) is 17.6 Å². The molecule has 24 heavy (non-hydrogen) atoms. The third kappa shape index (κ3) is 3.39. The molecule has 6 heteroatoms. The Morgan fingerprint density at radius 3 is 2.38 bits per heavy atom. The number of nitrogens with zero attached hydrogens (tertiary/aromatic N) is 1. The zero-order valence-electron chi connectivity index (χ0n) is 13.1. The van der Waals surface area contributed by atoms with Gasteiger partial charge in [-0.15, -0.1) is 0 Å². The summed E-state index contributed by atoms with van der Waals surface area (Å²) in [6.07, 6.45) is 1.26. The van der Waals surface area contributed by atoms with Crippen molar-refractivity contribution in [3.63, 3.8) is 0 Å². The smallest absolute Gasteiger partial charge is 0.243 e. The number of piperidine rings is 1. The molecule has 1 aliphatic heterocycles. The molecule has 3 rings (SSSR count). The van der Waals surface area contributed by atoms with E-state index in [2.05, 4.69) is 0 Å². The highest BCUT2D eigenvalue weighted by Crippen LogP contribution is 2.26. The Morgan fingerprint density at radius 1 is 1.04 bits per heavy atom. The SMILES string of the molecule is O=C(c1ccc(F)cc1)C1CCCN(S(=O)(=O)c2ccccc2)C1. The van der Waals surface area contributed by atoms with E-state index in [4.69, 9.17) is 0 Å². The average Bonchev–Trinajstić information content (AvgIpc) is 2.62. The summed E-state index contributed by atoms with van der Waals surface area (Å²) in [4.78, 5) is 12.8. The predicted octanol–water partition coefficient (Wildman–Crippen LogP) is 3.11. The van der Waals surface area contributed by atoms with E-state index >= 15 is 0 Å². The molecule has 0 spiro atoms. The van der Waals surface area contributed by atoms with Crippen LogP contribution in [0.3, 0.4) is 0 Å². The van der Waals surface area contributed by atoms with Gasteiger partial charge in [0.15, 0.2) is 5.78 Å². The number of carbonyl (C=O) groups excluding carboxylic acids is 1. The van der Waals surface area contributed by atoms with Crippen molar-refractivity contribution < 1.29 is 17.6 Å². The van der Waals surface area contributed by atoms with E-state index in [-0.39, 0.29) is 17.2 Å². The van der Waals surface area contributed by atoms with Gasteiger partial charge in [-0.05, 0) is 49.2 Å². The summed E-state index contributed by atoms with van der Waals surface area (Å²) in [5, 5.41) is 0. The molecule has 0 radical (unpaired) electrons. The van der Waals surface area contributed by atoms with Gasteiger partial charge in [-0.2, -0.15) is 4.31 Å². The van der Waals surface area contributed by atoms with E-state index < -0.39 is 21.8 Å². The largest absolute Gasteiger partial charge is 0.294 e. The molecule has 0 amide bonds. The Kier molecular flexibility index (Phi) is 4.78. The molecule has 0 aromatic heterocycles. The summed E-state index contributed by atoms with van der Waals surface area (Å²) < 4.78 is 39.8. The van der Waals surface area contributed by atoms with E-state index in [0.29, 0.717) is 24.9 Å². The first-order chi connectivity index (χ1) is 11.5. The van der Waals surface area contributed by atoms with Crippen LogP contribution in [0.15, 0.2) is 59.5 Å². The molecule has 2 aromatic carbocycles. The lowest BCUT2D eigenvalue weighted by Gasteiger charge is -2.31. The fourth-order valence-corrected chi connectivity index (χ4v) is 4.51. The van der Waals surface area contributed by atoms with Crippen LogP contribution in [0.4, 0.5) is 4.39 Å². The summed E-state index contributed by atoms with van der Waals surface area (Å²) in [6.45, 7) is 0.567. The number of benzene rings is 2. The molecule has 126 valence electrons. The van der Waals surface area contributed by atoms with E-state index in [0.717, 1.165) is 0 Å². The van der Waals surface area contributed by atoms with E-state index in [1.54, 1.807) is 30.3 Å². The Balaban J connectivity index is 1.79. The molecule has 1 unspecified atom stereocenters. The number of halogens is 1. The highest BCUT2D eigenvalue weighted by molar-refractivity contribution is 7.89. The standard InChI is InChI=1S/C18H18FNO3S/c19-16-10-8-14(9-11-16)18(21)15-5-4-12-20(13-15)24(22,23)17-6-2-1-3-7-17/h1-3,6-11,15H,4-5,12-13H2. The van der Waals surface area contributed by atoms with E-state index in [1.807, 2.05) is 0 Å². The molecule has 0 saturated carbocycles. The second kappa shape index (κ2) is 6.83. The van der Waals surface area contributed by atoms with Gasteiger partial charge < -0.3 is 0 Å². The predicted molar refractivity (Wildman–Crippen MR) is 88.7 cm³/mol. The van der Waals surface area contributed by atoms with Gasteiger partial charge in [0.25, 0.3) is 0 Å². The maximum absolute atomic E-state index is 13.0. The lowest BCUT2D eigenvalue weighted by atomic mass is 9.91. The fraction of sp³-hybridized carbons (Fsp3) is 0.278. The number of rotatable bonds is 4. The van der Waals surface area contributed by atoms with Gasteiger partial charge in [0.1, 0.15) is 5.82 Å². The Bertz CT molecular complexity index is 819. The highest BCUT2D eigenvalue weighted by Gasteiger charge is 2.33. The average molecular weight is 347 g/mol. The number of ketones is 1. The van der Waals surface area contributed by atoms with E-state index in [1.165, 1.54) is 28.6 Å². The zero-order valence-corrected chi connectivity index (χ0v) is 13.9. The van der Waals surface area contributed by atoms with Gasteiger partial charge in [0.05, 0.1) is 4.90 Å². The minimum absolute atomic E-state index is 0.136. The number of hydrogen-bond acceptors (Lipinski definition) is 3. The van der Waals surface area contributed by atoms with Crippen LogP contribution in [-0.4, -0.2) is 31.6 Å². The van der Waals surface area contributed by atoms with Crippen molar-refractivity contribution in [2.24, 2.45) is 5.92 Å². The topological polar surface area (TPSA) is 54.5 Å². The molecular weight excluding hydrogens is 329 g/mol. The highest BCUT2D eigenvalue weighted by atomic mass is 32.2. The summed E-state index contributed by atoms with van der Waals surface area (Å²) in [5.41, 5.74) is 0.417. The third-order valence-corrected chi connectivity index (χ3v) is 6.14. The van der Waals surface area contributed by atoms with Crippen molar-refractivity contribution >= 4 is 15.8 Å². The Hall–Kier alpha value is -2.05. The summed E-state index contributed by atoms with van der Waals surface area (Å²) >= 11 is 0. The van der Waals surface area contributed by atoms with Crippen molar-refractivity contribution in [3.8, 4) is 0 Å². The first kappa shape index (κ1) is 16.8. The van der Waals surface area contributed by atoms with Crippen LogP contribution >= 0.6 is 0 Å². The van der Waals surface area contributed by atoms with Gasteiger partial charge >= 0.3 is 0 Å². The quantitative estimate of drug-likeness (QED) is 0.799. The molecule has 1 fully saturated rings. The van der Waals surface area contributed by atoms with Crippen LogP contribution in [0, 0.1) is 11.7 Å². The van der Waals surface area contributed by atoms with Crippen molar-refractivity contribution in [2.45, 2.75) is 17.7 Å². The summed E-state index contributed by atoms with van der Waals surface area (Å²) in [6, 6.07) is 13.6. The zero-order chi connectivity index (χ0) is 17.2. The van der Waals surface area contributed by atoms with Gasteiger partial charge in [-0.3, -0.25) is 4.79 Å². The molecule has 0 aliphatic carbocycles. The number of Topliss-reactive ketones (excluding diaryl/α,β-unsaturated/α-hetero) is 1. The second-order valence-corrected chi connectivity index (χ2v) is 7.82. The van der Waals surface area contributed by atoms with Crippen LogP contribution in [0.5, 0.6) is 0 Å². The normalized spacial score (nSPS) is 19.1. The summed E-state index contributed by atoms with van der Waals surface area (Å²) in [7, 11) is -3.60. The second-order valence-electron chi connectivity index (χ2n) is 5.89. The molecule has 1 aliphatic rings. The number of carbonyl (C=O) groups is 1. The van der Waals surface area contributed by atoms with Crippen molar-refractivity contribution in [1.29, 1.82) is 0 Å². The minimum atomic E-state index is -3.60. The Labute approximate surface area is 141 Å². The van der Waals surface area contributed by atoms with Crippen molar-refractivity contribution in [3.05, 3.63) is 66.0 Å². The third-order valence-electron chi connectivity index (χ3n) is 4.26. The minimum Gasteiger partial charge on any atom is -0.294 e. The van der Waals surface area contributed by atoms with Crippen molar-refractivity contribution in [2.75, 3.05) is 13.1 Å². The molecule has 0 bridgehead atoms. The van der Waals surface area contributed by atoms with Crippen LogP contribution in [-0.2, 0) is 10.0 Å². The maximum Gasteiger partial charge on any atom is 0.243 e. The molecule has 1 atom stereocenters. The first-order valence-corrected chi connectivity index (χ1v) is 9.27. The molecule has 4 nitrogen and oxygen atoms in total. The maximum atomic E-state index is 13.0. The van der Waals surface area contributed by atoms with Crippen LogP contribution in [0.2, 0.25) is 0 Å². The monoisotopic (exact) mass is 347 g/mol. The van der Waals surface area contributed by atoms with Crippen LogP contribution in [0.25, 0.3) is 0 Å². The Morgan fingerprint density at radius 2 is 1.71 bits per heavy atom. The fourth-order valence-electron chi connectivity index (χ4n) is 2.97. The lowest BCUT2D eigenvalue weighted by Crippen LogP contribution is -2.42. The van der Waals surface area contributed by atoms with Gasteiger partial charge in [0, 0.05) is 24.6 Å². The van der Waals surface area contributed by atoms with Crippen LogP contribution < -0.4 is 0 Å². The number of sulfonamides is 1.